The van der Waals surface area contributed by atoms with Gasteiger partial charge in [-0.2, -0.15) is 0 Å². The summed E-state index contributed by atoms with van der Waals surface area (Å²) >= 11 is 1.00. The van der Waals surface area contributed by atoms with E-state index >= 15 is 0 Å². The van der Waals surface area contributed by atoms with E-state index in [0.29, 0.717) is 33.9 Å². The number of esters is 1. The molecule has 2 aromatic carbocycles. The highest BCUT2D eigenvalue weighted by Gasteiger charge is 2.48. The Kier molecular flexibility index (Phi) is 6.36. The SMILES string of the molecule is COC(=O)c1ccc(C2C(=C(O)c3ccc4c(c3)CC(C)O4)C(=O)C(=O)N2c2nc(C)c(C(C)=O)s2)cc1. The van der Waals surface area contributed by atoms with E-state index < -0.39 is 23.7 Å². The zero-order chi connectivity index (χ0) is 27.3. The highest BCUT2D eigenvalue weighted by Crippen LogP contribution is 2.44. The first kappa shape index (κ1) is 25.3. The van der Waals surface area contributed by atoms with Crippen LogP contribution in [0.4, 0.5) is 5.13 Å². The molecule has 0 aliphatic carbocycles. The van der Waals surface area contributed by atoms with Crippen LogP contribution >= 0.6 is 11.3 Å². The van der Waals surface area contributed by atoms with Crippen molar-refractivity contribution in [3.63, 3.8) is 0 Å². The fourth-order valence-electron chi connectivity index (χ4n) is 4.80. The molecule has 0 spiro atoms. The Labute approximate surface area is 222 Å². The monoisotopic (exact) mass is 532 g/mol. The summed E-state index contributed by atoms with van der Waals surface area (Å²) < 4.78 is 10.5. The topological polar surface area (TPSA) is 123 Å². The molecule has 3 heterocycles. The lowest BCUT2D eigenvalue weighted by molar-refractivity contribution is -0.132. The minimum atomic E-state index is -1.05. The van der Waals surface area contributed by atoms with Crippen LogP contribution in [0.3, 0.4) is 0 Å². The molecular formula is C28H24N2O7S. The van der Waals surface area contributed by atoms with Gasteiger partial charge >= 0.3 is 11.9 Å². The van der Waals surface area contributed by atoms with Gasteiger partial charge in [0.1, 0.15) is 17.6 Å². The molecule has 2 aliphatic heterocycles. The van der Waals surface area contributed by atoms with E-state index in [1.165, 1.54) is 31.1 Å². The molecule has 1 aromatic heterocycles. The van der Waals surface area contributed by atoms with Gasteiger partial charge in [0.15, 0.2) is 10.9 Å². The second-order valence-electron chi connectivity index (χ2n) is 9.20. The molecule has 0 saturated carbocycles. The summed E-state index contributed by atoms with van der Waals surface area (Å²) in [4.78, 5) is 56.9. The second-order valence-corrected chi connectivity index (χ2v) is 10.2. The maximum atomic E-state index is 13.4. The van der Waals surface area contributed by atoms with E-state index in [-0.39, 0.29) is 33.9 Å². The quantitative estimate of drug-likeness (QED) is 0.169. The Balaban J connectivity index is 1.68. The first-order chi connectivity index (χ1) is 18.1. The van der Waals surface area contributed by atoms with Crippen molar-refractivity contribution in [2.75, 3.05) is 12.0 Å². The predicted octanol–water partition coefficient (Wildman–Crippen LogP) is 4.39. The van der Waals surface area contributed by atoms with Gasteiger partial charge in [0, 0.05) is 18.9 Å². The number of ether oxygens (including phenoxy) is 2. The normalized spacial score (nSPS) is 19.8. The standard InChI is InChI=1S/C28H24N2O7S/c1-13-11-19-12-18(9-10-20(19)37-13)23(32)21-22(16-5-7-17(8-6-16)27(35)36-4)30(26(34)24(21)33)28-29-14(2)25(38-28)15(3)31/h5-10,12-13,22,32H,11H2,1-4H3. The maximum Gasteiger partial charge on any atom is 0.337 e. The highest BCUT2D eigenvalue weighted by molar-refractivity contribution is 7.18. The number of carbonyl (C=O) groups excluding carboxylic acids is 4. The van der Waals surface area contributed by atoms with Gasteiger partial charge in [0.05, 0.1) is 34.9 Å². The molecule has 2 unspecified atom stereocenters. The number of hydrogen-bond donors (Lipinski definition) is 1. The Hall–Kier alpha value is -4.31. The molecule has 0 radical (unpaired) electrons. The number of amides is 1. The smallest absolute Gasteiger partial charge is 0.337 e. The summed E-state index contributed by atoms with van der Waals surface area (Å²) in [7, 11) is 1.27. The van der Waals surface area contributed by atoms with Crippen LogP contribution in [0, 0.1) is 6.92 Å². The first-order valence-electron chi connectivity index (χ1n) is 11.9. The lowest BCUT2D eigenvalue weighted by Gasteiger charge is -2.23. The third-order valence-electron chi connectivity index (χ3n) is 6.57. The molecular weight excluding hydrogens is 508 g/mol. The number of rotatable bonds is 5. The fraction of sp³-hybridized carbons (Fsp3) is 0.250. The third-order valence-corrected chi connectivity index (χ3v) is 7.83. The van der Waals surface area contributed by atoms with Gasteiger partial charge in [-0.25, -0.2) is 9.78 Å². The van der Waals surface area contributed by atoms with E-state index in [2.05, 4.69) is 4.98 Å². The third kappa shape index (κ3) is 4.16. The minimum Gasteiger partial charge on any atom is -0.507 e. The van der Waals surface area contributed by atoms with Gasteiger partial charge in [-0.1, -0.05) is 23.5 Å². The maximum absolute atomic E-state index is 13.4. The summed E-state index contributed by atoms with van der Waals surface area (Å²) in [5.74, 6) is -2.14. The average Bonchev–Trinajstić information content (AvgIpc) is 3.55. The summed E-state index contributed by atoms with van der Waals surface area (Å²) in [6.07, 6.45) is 0.639. The number of nitrogens with zero attached hydrogens (tertiary/aromatic N) is 2. The van der Waals surface area contributed by atoms with Crippen molar-refractivity contribution >= 4 is 45.7 Å². The number of carbonyl (C=O) groups is 4. The van der Waals surface area contributed by atoms with Crippen LogP contribution in [0.15, 0.2) is 48.0 Å². The van der Waals surface area contributed by atoms with Crippen LogP contribution in [-0.2, 0) is 20.7 Å². The number of aliphatic hydroxyl groups excluding tert-OH is 1. The van der Waals surface area contributed by atoms with E-state index in [1.807, 2.05) is 6.92 Å². The summed E-state index contributed by atoms with van der Waals surface area (Å²) in [5.41, 5.74) is 2.32. The number of aliphatic hydroxyl groups is 1. The molecule has 1 fully saturated rings. The Bertz CT molecular complexity index is 1540. The molecule has 194 valence electrons. The van der Waals surface area contributed by atoms with Crippen LogP contribution in [-0.4, -0.2) is 46.7 Å². The molecule has 1 amide bonds. The zero-order valence-corrected chi connectivity index (χ0v) is 21.9. The number of methoxy groups -OCH3 is 1. The Morgan fingerprint density at radius 1 is 1.13 bits per heavy atom. The van der Waals surface area contributed by atoms with Crippen molar-refractivity contribution in [1.29, 1.82) is 0 Å². The van der Waals surface area contributed by atoms with Crippen LogP contribution in [0.1, 0.15) is 62.3 Å². The second kappa shape index (κ2) is 9.53. The van der Waals surface area contributed by atoms with Crippen LogP contribution in [0.5, 0.6) is 5.75 Å². The van der Waals surface area contributed by atoms with E-state index in [0.717, 1.165) is 16.9 Å². The Morgan fingerprint density at radius 3 is 2.45 bits per heavy atom. The van der Waals surface area contributed by atoms with Crippen LogP contribution < -0.4 is 9.64 Å². The predicted molar refractivity (Wildman–Crippen MR) is 140 cm³/mol. The van der Waals surface area contributed by atoms with Crippen molar-refractivity contribution in [3.05, 3.63) is 80.9 Å². The summed E-state index contributed by atoms with van der Waals surface area (Å²) in [6.45, 7) is 5.00. The number of thiazole rings is 1. The lowest BCUT2D eigenvalue weighted by Crippen LogP contribution is -2.29. The molecule has 2 atom stereocenters. The number of benzene rings is 2. The molecule has 3 aromatic rings. The van der Waals surface area contributed by atoms with E-state index in [1.54, 1.807) is 37.3 Å². The Morgan fingerprint density at radius 2 is 1.82 bits per heavy atom. The summed E-state index contributed by atoms with van der Waals surface area (Å²) in [5, 5.41) is 11.6. The van der Waals surface area contributed by atoms with Crippen molar-refractivity contribution in [3.8, 4) is 5.75 Å². The number of ketones is 2. The summed E-state index contributed by atoms with van der Waals surface area (Å²) in [6, 6.07) is 10.3. The van der Waals surface area contributed by atoms with Crippen LogP contribution in [0.2, 0.25) is 0 Å². The zero-order valence-electron chi connectivity index (χ0n) is 21.1. The number of aromatic nitrogens is 1. The molecule has 1 N–H and O–H groups in total. The average molecular weight is 533 g/mol. The molecule has 38 heavy (non-hydrogen) atoms. The molecule has 1 saturated heterocycles. The number of fused-ring (bicyclic) bond motifs is 1. The van der Waals surface area contributed by atoms with Gasteiger partial charge in [0.2, 0.25) is 0 Å². The first-order valence-corrected chi connectivity index (χ1v) is 12.7. The molecule has 9 nitrogen and oxygen atoms in total. The fourth-order valence-corrected chi connectivity index (χ4v) is 5.79. The molecule has 5 rings (SSSR count). The largest absolute Gasteiger partial charge is 0.507 e. The van der Waals surface area contributed by atoms with Gasteiger partial charge in [-0.3, -0.25) is 19.3 Å². The molecule has 2 aliphatic rings. The minimum absolute atomic E-state index is 0.00934. The molecule has 0 bridgehead atoms. The number of hydrogen-bond acceptors (Lipinski definition) is 9. The number of anilines is 1. The van der Waals surface area contributed by atoms with Crippen molar-refractivity contribution in [2.24, 2.45) is 0 Å². The van der Waals surface area contributed by atoms with Gasteiger partial charge in [-0.05, 0) is 55.3 Å². The molecule has 10 heteroatoms. The van der Waals surface area contributed by atoms with Gasteiger partial charge in [-0.15, -0.1) is 0 Å². The van der Waals surface area contributed by atoms with E-state index in [9.17, 15) is 24.3 Å². The van der Waals surface area contributed by atoms with E-state index in [4.69, 9.17) is 9.47 Å². The van der Waals surface area contributed by atoms with Gasteiger partial charge in [0.25, 0.3) is 5.78 Å². The van der Waals surface area contributed by atoms with Crippen molar-refractivity contribution < 1.29 is 33.8 Å². The highest BCUT2D eigenvalue weighted by atomic mass is 32.1. The number of aryl methyl sites for hydroxylation is 1. The van der Waals surface area contributed by atoms with Crippen molar-refractivity contribution in [2.45, 2.75) is 39.3 Å². The van der Waals surface area contributed by atoms with Crippen LogP contribution in [0.25, 0.3) is 5.76 Å². The number of Topliss-reactive ketones (excluding diaryl/α,β-unsaturated/α-hetero) is 2. The lowest BCUT2D eigenvalue weighted by atomic mass is 9.94. The van der Waals surface area contributed by atoms with Gasteiger partial charge < -0.3 is 14.6 Å². The van der Waals surface area contributed by atoms with Crippen molar-refractivity contribution in [1.82, 2.24) is 4.98 Å².